The maximum Gasteiger partial charge on any atom is 0.0953 e. The van der Waals surface area contributed by atoms with Gasteiger partial charge in [0.1, 0.15) is 0 Å². The van der Waals surface area contributed by atoms with E-state index in [4.69, 9.17) is 4.42 Å². The molecule has 0 fully saturated rings. The molecule has 0 spiro atoms. The number of aryl methyl sites for hydroxylation is 1. The van der Waals surface area contributed by atoms with Gasteiger partial charge in [0.15, 0.2) is 0 Å². The smallest absolute Gasteiger partial charge is 0.0953 e. The lowest BCUT2D eigenvalue weighted by Gasteiger charge is -2.19. The van der Waals surface area contributed by atoms with Crippen molar-refractivity contribution in [2.24, 2.45) is 0 Å². The maximum absolute atomic E-state index is 5.18. The fraction of sp³-hybridized carbons (Fsp3) is 0.357. The molecular formula is C14H18N2O. The molecule has 0 aliphatic rings. The van der Waals surface area contributed by atoms with E-state index in [1.807, 2.05) is 18.5 Å². The van der Waals surface area contributed by atoms with Crippen molar-refractivity contribution in [1.82, 2.24) is 10.3 Å². The second-order valence-electron chi connectivity index (χ2n) is 4.18. The summed E-state index contributed by atoms with van der Waals surface area (Å²) in [4.78, 5) is 4.14. The van der Waals surface area contributed by atoms with Crippen LogP contribution in [0.5, 0.6) is 0 Å². The first-order chi connectivity index (χ1) is 8.33. The van der Waals surface area contributed by atoms with Gasteiger partial charge in [-0.1, -0.05) is 6.92 Å². The average molecular weight is 230 g/mol. The van der Waals surface area contributed by atoms with Crippen LogP contribution in [-0.2, 0) is 0 Å². The number of hydrogen-bond donors (Lipinski definition) is 1. The van der Waals surface area contributed by atoms with Crippen molar-refractivity contribution in [3.63, 3.8) is 0 Å². The van der Waals surface area contributed by atoms with Gasteiger partial charge in [-0.3, -0.25) is 4.98 Å². The highest BCUT2D eigenvalue weighted by Crippen LogP contribution is 2.24. The summed E-state index contributed by atoms with van der Waals surface area (Å²) in [5.74, 6) is 0. The molecule has 3 heteroatoms. The van der Waals surface area contributed by atoms with Crippen LogP contribution < -0.4 is 5.32 Å². The van der Waals surface area contributed by atoms with Crippen molar-refractivity contribution in [2.45, 2.75) is 26.3 Å². The van der Waals surface area contributed by atoms with Crippen molar-refractivity contribution >= 4 is 0 Å². The molecule has 17 heavy (non-hydrogen) atoms. The quantitative estimate of drug-likeness (QED) is 0.857. The van der Waals surface area contributed by atoms with Crippen LogP contribution in [0.25, 0.3) is 0 Å². The van der Waals surface area contributed by atoms with E-state index < -0.39 is 0 Å². The van der Waals surface area contributed by atoms with E-state index in [9.17, 15) is 0 Å². The second kappa shape index (κ2) is 5.64. The third kappa shape index (κ3) is 2.74. The molecule has 0 amide bonds. The van der Waals surface area contributed by atoms with Crippen LogP contribution in [0.4, 0.5) is 0 Å². The van der Waals surface area contributed by atoms with Gasteiger partial charge < -0.3 is 9.73 Å². The van der Waals surface area contributed by atoms with E-state index in [-0.39, 0.29) is 6.04 Å². The molecule has 0 aliphatic carbocycles. The maximum atomic E-state index is 5.18. The highest BCUT2D eigenvalue weighted by atomic mass is 16.3. The van der Waals surface area contributed by atoms with Crippen LogP contribution in [0, 0.1) is 6.92 Å². The van der Waals surface area contributed by atoms with Gasteiger partial charge in [-0.05, 0) is 43.1 Å². The minimum Gasteiger partial charge on any atom is -0.472 e. The molecule has 1 unspecified atom stereocenters. The van der Waals surface area contributed by atoms with E-state index in [0.29, 0.717) is 0 Å². The zero-order valence-corrected chi connectivity index (χ0v) is 10.3. The van der Waals surface area contributed by atoms with Crippen molar-refractivity contribution in [1.29, 1.82) is 0 Å². The van der Waals surface area contributed by atoms with Crippen molar-refractivity contribution in [3.8, 4) is 0 Å². The first-order valence-corrected chi connectivity index (χ1v) is 5.99. The summed E-state index contributed by atoms with van der Waals surface area (Å²) in [6, 6.07) is 4.26. The van der Waals surface area contributed by atoms with Gasteiger partial charge in [-0.2, -0.15) is 0 Å². The predicted octanol–water partition coefficient (Wildman–Crippen LogP) is 3.07. The molecule has 2 aromatic heterocycles. The summed E-state index contributed by atoms with van der Waals surface area (Å²) in [5, 5.41) is 3.54. The van der Waals surface area contributed by atoms with E-state index in [2.05, 4.69) is 30.2 Å². The van der Waals surface area contributed by atoms with E-state index in [1.165, 1.54) is 11.1 Å². The van der Waals surface area contributed by atoms with Gasteiger partial charge in [-0.15, -0.1) is 0 Å². The van der Waals surface area contributed by atoms with Crippen LogP contribution >= 0.6 is 0 Å². The molecule has 1 N–H and O–H groups in total. The molecule has 0 aromatic carbocycles. The Labute approximate surface area is 102 Å². The molecule has 2 heterocycles. The summed E-state index contributed by atoms with van der Waals surface area (Å²) < 4.78 is 5.18. The zero-order valence-electron chi connectivity index (χ0n) is 10.3. The lowest BCUT2D eigenvalue weighted by atomic mass is 9.98. The SMILES string of the molecule is CCCNC(c1ccoc1)c1ccncc1C. The number of nitrogens with zero attached hydrogens (tertiary/aromatic N) is 1. The lowest BCUT2D eigenvalue weighted by molar-refractivity contribution is 0.547. The third-order valence-electron chi connectivity index (χ3n) is 2.85. The normalized spacial score (nSPS) is 12.6. The first-order valence-electron chi connectivity index (χ1n) is 5.99. The van der Waals surface area contributed by atoms with Crippen molar-refractivity contribution < 1.29 is 4.42 Å². The first kappa shape index (κ1) is 11.9. The highest BCUT2D eigenvalue weighted by Gasteiger charge is 2.16. The molecule has 90 valence electrons. The number of pyridine rings is 1. The van der Waals surface area contributed by atoms with E-state index in [0.717, 1.165) is 18.5 Å². The molecular weight excluding hydrogens is 212 g/mol. The summed E-state index contributed by atoms with van der Waals surface area (Å²) in [7, 11) is 0. The summed E-state index contributed by atoms with van der Waals surface area (Å²) >= 11 is 0. The molecule has 1 atom stereocenters. The second-order valence-corrected chi connectivity index (χ2v) is 4.18. The number of rotatable bonds is 5. The zero-order chi connectivity index (χ0) is 12.1. The number of hydrogen-bond acceptors (Lipinski definition) is 3. The minimum atomic E-state index is 0.191. The Morgan fingerprint density at radius 2 is 2.29 bits per heavy atom. The summed E-state index contributed by atoms with van der Waals surface area (Å²) in [6.45, 7) is 5.24. The molecule has 0 bridgehead atoms. The monoisotopic (exact) mass is 230 g/mol. The Balaban J connectivity index is 2.30. The fourth-order valence-corrected chi connectivity index (χ4v) is 1.94. The molecule has 2 rings (SSSR count). The van der Waals surface area contributed by atoms with Crippen LogP contribution in [0.3, 0.4) is 0 Å². The number of furan rings is 1. The summed E-state index contributed by atoms with van der Waals surface area (Å²) in [5.41, 5.74) is 3.62. The predicted molar refractivity (Wildman–Crippen MR) is 67.8 cm³/mol. The Morgan fingerprint density at radius 3 is 2.94 bits per heavy atom. The van der Waals surface area contributed by atoms with Crippen molar-refractivity contribution in [2.75, 3.05) is 6.54 Å². The van der Waals surface area contributed by atoms with Gasteiger partial charge >= 0.3 is 0 Å². The number of nitrogens with one attached hydrogen (secondary N) is 1. The van der Waals surface area contributed by atoms with Crippen LogP contribution in [-0.4, -0.2) is 11.5 Å². The van der Waals surface area contributed by atoms with Crippen molar-refractivity contribution in [3.05, 3.63) is 53.7 Å². The Hall–Kier alpha value is -1.61. The van der Waals surface area contributed by atoms with Gasteiger partial charge in [0, 0.05) is 18.0 Å². The van der Waals surface area contributed by atoms with Gasteiger partial charge in [0.2, 0.25) is 0 Å². The fourth-order valence-electron chi connectivity index (χ4n) is 1.94. The van der Waals surface area contributed by atoms with E-state index in [1.54, 1.807) is 12.5 Å². The molecule has 0 radical (unpaired) electrons. The Morgan fingerprint density at radius 1 is 1.41 bits per heavy atom. The molecule has 0 aliphatic heterocycles. The van der Waals surface area contributed by atoms with Gasteiger partial charge in [-0.25, -0.2) is 0 Å². The van der Waals surface area contributed by atoms with Crippen LogP contribution in [0.15, 0.2) is 41.5 Å². The van der Waals surface area contributed by atoms with Crippen LogP contribution in [0.2, 0.25) is 0 Å². The van der Waals surface area contributed by atoms with Crippen LogP contribution in [0.1, 0.15) is 36.1 Å². The average Bonchev–Trinajstić information content (AvgIpc) is 2.85. The van der Waals surface area contributed by atoms with Gasteiger partial charge in [0.25, 0.3) is 0 Å². The summed E-state index contributed by atoms with van der Waals surface area (Å²) in [6.07, 6.45) is 8.36. The topological polar surface area (TPSA) is 38.1 Å². The Bertz CT molecular complexity index is 451. The highest BCUT2D eigenvalue weighted by molar-refractivity contribution is 5.33. The molecule has 0 saturated carbocycles. The number of aromatic nitrogens is 1. The largest absolute Gasteiger partial charge is 0.472 e. The minimum absolute atomic E-state index is 0.191. The lowest BCUT2D eigenvalue weighted by Crippen LogP contribution is -2.23. The van der Waals surface area contributed by atoms with Gasteiger partial charge in [0.05, 0.1) is 18.6 Å². The third-order valence-corrected chi connectivity index (χ3v) is 2.85. The van der Waals surface area contributed by atoms with E-state index >= 15 is 0 Å². The molecule has 0 saturated heterocycles. The Kier molecular flexibility index (Phi) is 3.94. The standard InChI is InChI=1S/C14H18N2O/c1-3-6-16-14(12-5-8-17-10-12)13-4-7-15-9-11(13)2/h4-5,7-10,14,16H,3,6H2,1-2H3. The molecule has 2 aromatic rings. The molecule has 3 nitrogen and oxygen atoms in total.